The fraction of sp³-hybridized carbons (Fsp3) is 0.552. The van der Waals surface area contributed by atoms with Gasteiger partial charge in [0.15, 0.2) is 0 Å². The van der Waals surface area contributed by atoms with Gasteiger partial charge in [-0.15, -0.1) is 0 Å². The van der Waals surface area contributed by atoms with Gasteiger partial charge in [0.1, 0.15) is 0 Å². The van der Waals surface area contributed by atoms with Gasteiger partial charge in [0.25, 0.3) is 0 Å². The SMILES string of the molecule is CC1(C)OB(C2CCCN2C(=O)CNCCC2c3ccccc3CCc3ccccc32)OC1(C)C. The molecule has 0 saturated carbocycles. The summed E-state index contributed by atoms with van der Waals surface area (Å²) < 4.78 is 12.6. The molecule has 0 aromatic heterocycles. The Bertz CT molecular complexity index is 1010. The topological polar surface area (TPSA) is 50.8 Å². The molecule has 2 aliphatic heterocycles. The van der Waals surface area contributed by atoms with Crippen molar-refractivity contribution in [2.24, 2.45) is 0 Å². The van der Waals surface area contributed by atoms with E-state index in [4.69, 9.17) is 9.31 Å². The summed E-state index contributed by atoms with van der Waals surface area (Å²) in [5, 5.41) is 3.46. The van der Waals surface area contributed by atoms with Crippen LogP contribution < -0.4 is 5.32 Å². The molecule has 1 atom stereocenters. The van der Waals surface area contributed by atoms with Crippen molar-refractivity contribution in [3.05, 3.63) is 70.8 Å². The number of carbonyl (C=O) groups excluding carboxylic acids is 1. The monoisotopic (exact) mass is 474 g/mol. The Kier molecular flexibility index (Phi) is 6.82. The van der Waals surface area contributed by atoms with Crippen LogP contribution in [-0.2, 0) is 26.9 Å². The lowest BCUT2D eigenvalue weighted by atomic mass is 9.76. The molecule has 1 amide bonds. The zero-order chi connectivity index (χ0) is 24.6. The molecule has 2 heterocycles. The highest BCUT2D eigenvalue weighted by Crippen LogP contribution is 2.40. The molecule has 1 N–H and O–H groups in total. The lowest BCUT2D eigenvalue weighted by Crippen LogP contribution is -2.49. The molecule has 1 aliphatic carbocycles. The summed E-state index contributed by atoms with van der Waals surface area (Å²) in [6.45, 7) is 10.2. The minimum Gasteiger partial charge on any atom is -0.402 e. The molecular formula is C29H39BN2O3. The van der Waals surface area contributed by atoms with Crippen molar-refractivity contribution in [2.75, 3.05) is 19.6 Å². The molecule has 6 heteroatoms. The van der Waals surface area contributed by atoms with E-state index in [1.54, 1.807) is 0 Å². The molecule has 0 bridgehead atoms. The highest BCUT2D eigenvalue weighted by Gasteiger charge is 2.56. The van der Waals surface area contributed by atoms with Crippen molar-refractivity contribution in [2.45, 2.75) is 82.9 Å². The summed E-state index contributed by atoms with van der Waals surface area (Å²) >= 11 is 0. The average molecular weight is 474 g/mol. The summed E-state index contributed by atoms with van der Waals surface area (Å²) in [5.74, 6) is 0.492. The largest absolute Gasteiger partial charge is 0.482 e. The van der Waals surface area contributed by atoms with Crippen LogP contribution in [-0.4, -0.2) is 54.7 Å². The summed E-state index contributed by atoms with van der Waals surface area (Å²) in [6.07, 6.45) is 5.08. The van der Waals surface area contributed by atoms with Gasteiger partial charge in [0.05, 0.1) is 23.7 Å². The van der Waals surface area contributed by atoms with Crippen LogP contribution in [0.15, 0.2) is 48.5 Å². The van der Waals surface area contributed by atoms with Gasteiger partial charge in [-0.05, 0) is 88.6 Å². The number of nitrogens with one attached hydrogen (secondary N) is 1. The zero-order valence-electron chi connectivity index (χ0n) is 21.7. The number of amides is 1. The zero-order valence-corrected chi connectivity index (χ0v) is 21.7. The fourth-order valence-corrected chi connectivity index (χ4v) is 5.93. The highest BCUT2D eigenvalue weighted by molar-refractivity contribution is 6.48. The first-order valence-electron chi connectivity index (χ1n) is 13.3. The van der Waals surface area contributed by atoms with Crippen LogP contribution in [0.3, 0.4) is 0 Å². The standard InChI is InChI=1S/C29H39BN2O3/c1-28(2)29(3,4)35-30(34-28)26-14-9-19-32(26)27(33)20-31-18-17-25-23-12-7-5-10-21(23)15-16-22-11-6-8-13-24(22)25/h5-8,10-13,25-26,31H,9,14-20H2,1-4H3. The number of aryl methyl sites for hydroxylation is 2. The number of hydrogen-bond acceptors (Lipinski definition) is 4. The van der Waals surface area contributed by atoms with E-state index in [0.29, 0.717) is 12.5 Å². The summed E-state index contributed by atoms with van der Waals surface area (Å²) in [7, 11) is -0.356. The van der Waals surface area contributed by atoms with Crippen molar-refractivity contribution >= 4 is 13.0 Å². The van der Waals surface area contributed by atoms with E-state index in [0.717, 1.165) is 45.2 Å². The molecule has 1 unspecified atom stereocenters. The minimum absolute atomic E-state index is 0.00837. The van der Waals surface area contributed by atoms with Crippen LogP contribution in [0.4, 0.5) is 0 Å². The Morgan fingerprint density at radius 1 is 0.971 bits per heavy atom. The maximum absolute atomic E-state index is 13.2. The third-order valence-electron chi connectivity index (χ3n) is 8.62. The number of hydrogen-bond donors (Lipinski definition) is 1. The van der Waals surface area contributed by atoms with E-state index < -0.39 is 0 Å². The first-order valence-corrected chi connectivity index (χ1v) is 13.3. The van der Waals surface area contributed by atoms with Gasteiger partial charge in [0.2, 0.25) is 5.91 Å². The van der Waals surface area contributed by atoms with Crippen LogP contribution in [0.5, 0.6) is 0 Å². The Hall–Kier alpha value is -2.15. The quantitative estimate of drug-likeness (QED) is 0.494. The molecule has 3 aliphatic rings. The third-order valence-corrected chi connectivity index (χ3v) is 8.62. The van der Waals surface area contributed by atoms with Crippen LogP contribution in [0, 0.1) is 0 Å². The third kappa shape index (κ3) is 4.81. The lowest BCUT2D eigenvalue weighted by molar-refractivity contribution is -0.130. The first kappa shape index (κ1) is 24.5. The van der Waals surface area contributed by atoms with Gasteiger partial charge in [-0.2, -0.15) is 0 Å². The Balaban J connectivity index is 1.20. The lowest BCUT2D eigenvalue weighted by Gasteiger charge is -2.32. The Morgan fingerprint density at radius 2 is 1.54 bits per heavy atom. The molecule has 2 fully saturated rings. The molecule has 0 spiro atoms. The van der Waals surface area contributed by atoms with Gasteiger partial charge >= 0.3 is 7.12 Å². The van der Waals surface area contributed by atoms with E-state index in [9.17, 15) is 4.79 Å². The van der Waals surface area contributed by atoms with Gasteiger partial charge in [-0.25, -0.2) is 0 Å². The second kappa shape index (κ2) is 9.72. The van der Waals surface area contributed by atoms with E-state index in [2.05, 4.69) is 81.5 Å². The van der Waals surface area contributed by atoms with Gasteiger partial charge < -0.3 is 19.5 Å². The maximum atomic E-state index is 13.2. The number of benzene rings is 2. The second-order valence-corrected chi connectivity index (χ2v) is 11.3. The molecule has 35 heavy (non-hydrogen) atoms. The van der Waals surface area contributed by atoms with Gasteiger partial charge in [0, 0.05) is 12.5 Å². The molecular weight excluding hydrogens is 435 g/mol. The Labute approximate surface area is 210 Å². The van der Waals surface area contributed by atoms with Crippen LogP contribution in [0.2, 0.25) is 0 Å². The van der Waals surface area contributed by atoms with Crippen LogP contribution >= 0.6 is 0 Å². The average Bonchev–Trinajstić information content (AvgIpc) is 3.35. The second-order valence-electron chi connectivity index (χ2n) is 11.3. The minimum atomic E-state index is -0.376. The molecule has 0 radical (unpaired) electrons. The van der Waals surface area contributed by atoms with Crippen LogP contribution in [0.1, 0.15) is 75.1 Å². The number of rotatable bonds is 6. The predicted molar refractivity (Wildman–Crippen MR) is 140 cm³/mol. The van der Waals surface area contributed by atoms with Crippen molar-refractivity contribution in [3.8, 4) is 0 Å². The molecule has 2 saturated heterocycles. The van der Waals surface area contributed by atoms with Crippen molar-refractivity contribution in [1.29, 1.82) is 0 Å². The van der Waals surface area contributed by atoms with Gasteiger partial charge in [-0.1, -0.05) is 48.5 Å². The number of likely N-dealkylation sites (tertiary alicyclic amines) is 1. The summed E-state index contributed by atoms with van der Waals surface area (Å²) in [6, 6.07) is 17.7. The smallest absolute Gasteiger partial charge is 0.402 e. The van der Waals surface area contributed by atoms with E-state index >= 15 is 0 Å². The Morgan fingerprint density at radius 3 is 2.14 bits per heavy atom. The first-order chi connectivity index (χ1) is 16.8. The normalized spacial score (nSPS) is 23.1. The maximum Gasteiger partial charge on any atom is 0.482 e. The number of fused-ring (bicyclic) bond motifs is 2. The van der Waals surface area contributed by atoms with Gasteiger partial charge in [-0.3, -0.25) is 4.79 Å². The van der Waals surface area contributed by atoms with Crippen molar-refractivity contribution in [1.82, 2.24) is 10.2 Å². The predicted octanol–water partition coefficient (Wildman–Crippen LogP) is 4.52. The van der Waals surface area contributed by atoms with E-state index in [1.165, 1.54) is 22.3 Å². The number of nitrogens with zero attached hydrogens (tertiary/aromatic N) is 1. The molecule has 2 aromatic rings. The molecule has 5 nitrogen and oxygen atoms in total. The van der Waals surface area contributed by atoms with E-state index in [-0.39, 0.29) is 30.2 Å². The van der Waals surface area contributed by atoms with Crippen molar-refractivity contribution in [3.63, 3.8) is 0 Å². The molecule has 186 valence electrons. The molecule has 2 aromatic carbocycles. The number of carbonyl (C=O) groups is 1. The van der Waals surface area contributed by atoms with E-state index in [1.807, 2.05) is 4.90 Å². The summed E-state index contributed by atoms with van der Waals surface area (Å²) in [4.78, 5) is 15.2. The van der Waals surface area contributed by atoms with Crippen molar-refractivity contribution < 1.29 is 14.1 Å². The summed E-state index contributed by atoms with van der Waals surface area (Å²) in [5.41, 5.74) is 5.02. The van der Waals surface area contributed by atoms with Crippen LogP contribution in [0.25, 0.3) is 0 Å². The fourth-order valence-electron chi connectivity index (χ4n) is 5.93. The molecule has 5 rings (SSSR count). The highest BCUT2D eigenvalue weighted by atomic mass is 16.7.